The van der Waals surface area contributed by atoms with Gasteiger partial charge in [-0.2, -0.15) is 0 Å². The van der Waals surface area contributed by atoms with Gasteiger partial charge >= 0.3 is 0 Å². The highest BCUT2D eigenvalue weighted by molar-refractivity contribution is 6.30. The summed E-state index contributed by atoms with van der Waals surface area (Å²) >= 11 is 5.54. The maximum Gasteiger partial charge on any atom is 0.170 e. The van der Waals surface area contributed by atoms with Crippen LogP contribution in [0.1, 0.15) is 11.6 Å². The van der Waals surface area contributed by atoms with Crippen molar-refractivity contribution in [3.8, 4) is 0 Å². The number of halogens is 2. The van der Waals surface area contributed by atoms with Gasteiger partial charge < -0.3 is 4.74 Å². The van der Waals surface area contributed by atoms with Crippen LogP contribution in [0.4, 0.5) is 4.39 Å². The van der Waals surface area contributed by atoms with Crippen LogP contribution >= 0.6 is 11.6 Å². The second kappa shape index (κ2) is 3.34. The van der Waals surface area contributed by atoms with E-state index in [1.54, 1.807) is 6.07 Å². The molecule has 1 unspecified atom stereocenters. The summed E-state index contributed by atoms with van der Waals surface area (Å²) in [5, 5.41) is 0.131. The first-order valence-electron chi connectivity index (χ1n) is 3.85. The van der Waals surface area contributed by atoms with Crippen molar-refractivity contribution in [3.63, 3.8) is 0 Å². The molecule has 0 fully saturated rings. The molecule has 1 atom stereocenters. The topological polar surface area (TPSA) is 21.6 Å². The molecule has 1 heterocycles. The summed E-state index contributed by atoms with van der Waals surface area (Å²) in [7, 11) is 0. The quantitative estimate of drug-likeness (QED) is 0.681. The molecular formula is C9H7ClFNO. The molecule has 0 amide bonds. The summed E-state index contributed by atoms with van der Waals surface area (Å²) in [6, 6.07) is 4.58. The Morgan fingerprint density at radius 2 is 2.38 bits per heavy atom. The van der Waals surface area contributed by atoms with Crippen molar-refractivity contribution < 1.29 is 9.13 Å². The molecular weight excluding hydrogens is 193 g/mol. The van der Waals surface area contributed by atoms with Gasteiger partial charge in [0.25, 0.3) is 0 Å². The van der Waals surface area contributed by atoms with Crippen LogP contribution in [0.15, 0.2) is 23.2 Å². The van der Waals surface area contributed by atoms with Gasteiger partial charge in [-0.05, 0) is 17.7 Å². The van der Waals surface area contributed by atoms with Crippen molar-refractivity contribution >= 4 is 18.0 Å². The third kappa shape index (κ3) is 1.65. The van der Waals surface area contributed by atoms with Gasteiger partial charge in [0, 0.05) is 0 Å². The lowest BCUT2D eigenvalue weighted by molar-refractivity contribution is 0.330. The number of nitrogens with zero attached hydrogens (tertiary/aromatic N) is 1. The summed E-state index contributed by atoms with van der Waals surface area (Å²) in [5.41, 5.74) is 0.788. The van der Waals surface area contributed by atoms with Gasteiger partial charge in [0.2, 0.25) is 0 Å². The number of ether oxygens (including phenoxy) is 1. The van der Waals surface area contributed by atoms with E-state index < -0.39 is 5.82 Å². The molecule has 0 aromatic heterocycles. The highest BCUT2D eigenvalue weighted by Gasteiger charge is 2.15. The zero-order valence-corrected chi connectivity index (χ0v) is 7.46. The lowest BCUT2D eigenvalue weighted by Crippen LogP contribution is -1.97. The van der Waals surface area contributed by atoms with Gasteiger partial charge in [-0.1, -0.05) is 17.7 Å². The second-order valence-corrected chi connectivity index (χ2v) is 3.18. The standard InChI is InChI=1S/C9H7ClFNO/c10-7-2-1-6(3-8(7)11)9-4-13-5-12-9/h1-3,5,9H,4H2. The molecule has 1 aromatic rings. The maximum atomic E-state index is 13.0. The van der Waals surface area contributed by atoms with E-state index in [2.05, 4.69) is 4.99 Å². The SMILES string of the molecule is Fc1cc(C2COC=N2)ccc1Cl. The number of aliphatic imine (C=N–C) groups is 1. The summed E-state index contributed by atoms with van der Waals surface area (Å²) in [6.07, 6.45) is 1.39. The van der Waals surface area contributed by atoms with E-state index >= 15 is 0 Å². The fourth-order valence-electron chi connectivity index (χ4n) is 1.20. The fraction of sp³-hybridized carbons (Fsp3) is 0.222. The summed E-state index contributed by atoms with van der Waals surface area (Å²) < 4.78 is 17.9. The van der Waals surface area contributed by atoms with Crippen LogP contribution in [0, 0.1) is 5.82 Å². The highest BCUT2D eigenvalue weighted by atomic mass is 35.5. The van der Waals surface area contributed by atoms with E-state index in [-0.39, 0.29) is 11.1 Å². The molecule has 68 valence electrons. The molecule has 2 rings (SSSR count). The summed E-state index contributed by atoms with van der Waals surface area (Å²) in [6.45, 7) is 0.473. The first-order chi connectivity index (χ1) is 6.27. The lowest BCUT2D eigenvalue weighted by Gasteiger charge is -2.05. The van der Waals surface area contributed by atoms with Gasteiger partial charge in [-0.25, -0.2) is 9.38 Å². The Morgan fingerprint density at radius 3 is 3.00 bits per heavy atom. The Hall–Kier alpha value is -1.09. The molecule has 2 nitrogen and oxygen atoms in total. The molecule has 0 N–H and O–H groups in total. The minimum Gasteiger partial charge on any atom is -0.481 e. The minimum absolute atomic E-state index is 0.0910. The number of rotatable bonds is 1. The van der Waals surface area contributed by atoms with Crippen molar-refractivity contribution in [1.82, 2.24) is 0 Å². The van der Waals surface area contributed by atoms with Gasteiger partial charge in [0.05, 0.1) is 5.02 Å². The number of benzene rings is 1. The minimum atomic E-state index is -0.415. The van der Waals surface area contributed by atoms with E-state index in [1.165, 1.54) is 18.5 Å². The maximum absolute atomic E-state index is 13.0. The zero-order chi connectivity index (χ0) is 9.26. The van der Waals surface area contributed by atoms with E-state index in [1.807, 2.05) is 0 Å². The molecule has 1 aliphatic heterocycles. The van der Waals surface area contributed by atoms with Crippen LogP contribution in [0.2, 0.25) is 5.02 Å². The van der Waals surface area contributed by atoms with E-state index in [0.29, 0.717) is 6.61 Å². The monoisotopic (exact) mass is 199 g/mol. The van der Waals surface area contributed by atoms with Gasteiger partial charge in [-0.3, -0.25) is 0 Å². The highest BCUT2D eigenvalue weighted by Crippen LogP contribution is 2.24. The Kier molecular flexibility index (Phi) is 2.19. The lowest BCUT2D eigenvalue weighted by atomic mass is 10.1. The van der Waals surface area contributed by atoms with Crippen LogP contribution in [0.3, 0.4) is 0 Å². The van der Waals surface area contributed by atoms with E-state index in [0.717, 1.165) is 5.56 Å². The average Bonchev–Trinajstić information content (AvgIpc) is 2.62. The number of hydrogen-bond acceptors (Lipinski definition) is 2. The van der Waals surface area contributed by atoms with Crippen LogP contribution < -0.4 is 0 Å². The normalized spacial score (nSPS) is 20.3. The molecule has 4 heteroatoms. The van der Waals surface area contributed by atoms with Crippen LogP contribution in [-0.2, 0) is 4.74 Å². The van der Waals surface area contributed by atoms with Crippen LogP contribution in [0.5, 0.6) is 0 Å². The van der Waals surface area contributed by atoms with Crippen molar-refractivity contribution in [2.45, 2.75) is 6.04 Å². The van der Waals surface area contributed by atoms with E-state index in [4.69, 9.17) is 16.3 Å². The van der Waals surface area contributed by atoms with Gasteiger partial charge in [0.15, 0.2) is 6.40 Å². The summed E-state index contributed by atoms with van der Waals surface area (Å²) in [4.78, 5) is 4.02. The third-order valence-corrected chi connectivity index (χ3v) is 2.20. The van der Waals surface area contributed by atoms with Gasteiger partial charge in [0.1, 0.15) is 18.5 Å². The molecule has 1 aliphatic rings. The Labute approximate surface area is 80.0 Å². The predicted molar refractivity (Wildman–Crippen MR) is 48.6 cm³/mol. The largest absolute Gasteiger partial charge is 0.481 e. The smallest absolute Gasteiger partial charge is 0.170 e. The van der Waals surface area contributed by atoms with Gasteiger partial charge in [-0.15, -0.1) is 0 Å². The molecule has 0 spiro atoms. The van der Waals surface area contributed by atoms with Crippen molar-refractivity contribution in [2.24, 2.45) is 4.99 Å². The Balaban J connectivity index is 2.30. The first-order valence-corrected chi connectivity index (χ1v) is 4.23. The number of hydrogen-bond donors (Lipinski definition) is 0. The van der Waals surface area contributed by atoms with Crippen molar-refractivity contribution in [2.75, 3.05) is 6.61 Å². The third-order valence-electron chi connectivity index (χ3n) is 1.90. The first kappa shape index (κ1) is 8.51. The van der Waals surface area contributed by atoms with Crippen LogP contribution in [-0.4, -0.2) is 13.0 Å². The summed E-state index contributed by atoms with van der Waals surface area (Å²) in [5.74, 6) is -0.415. The molecule has 0 radical (unpaired) electrons. The van der Waals surface area contributed by atoms with Crippen molar-refractivity contribution in [3.05, 3.63) is 34.6 Å². The molecule has 13 heavy (non-hydrogen) atoms. The van der Waals surface area contributed by atoms with E-state index in [9.17, 15) is 4.39 Å². The van der Waals surface area contributed by atoms with Crippen LogP contribution in [0.25, 0.3) is 0 Å². The Morgan fingerprint density at radius 1 is 1.54 bits per heavy atom. The molecule has 0 bridgehead atoms. The second-order valence-electron chi connectivity index (χ2n) is 2.78. The molecule has 0 saturated carbocycles. The predicted octanol–water partition coefficient (Wildman–Crippen LogP) is 2.58. The zero-order valence-electron chi connectivity index (χ0n) is 6.71. The molecule has 1 aromatic carbocycles. The average molecular weight is 200 g/mol. The fourth-order valence-corrected chi connectivity index (χ4v) is 1.31. The molecule has 0 aliphatic carbocycles. The Bertz CT molecular complexity index is 353. The van der Waals surface area contributed by atoms with Crippen molar-refractivity contribution in [1.29, 1.82) is 0 Å². The molecule has 0 saturated heterocycles.